The summed E-state index contributed by atoms with van der Waals surface area (Å²) in [6.45, 7) is 4.26. The third-order valence-corrected chi connectivity index (χ3v) is 10.3. The van der Waals surface area contributed by atoms with Gasteiger partial charge in [0.15, 0.2) is 11.5 Å². The summed E-state index contributed by atoms with van der Waals surface area (Å²) in [4.78, 5) is 2.80. The lowest BCUT2D eigenvalue weighted by Gasteiger charge is -2.74. The Morgan fingerprint density at radius 1 is 1.27 bits per heavy atom. The average molecular weight is 412 g/mol. The van der Waals surface area contributed by atoms with E-state index in [9.17, 15) is 10.2 Å². The van der Waals surface area contributed by atoms with Gasteiger partial charge in [0.1, 0.15) is 11.7 Å². The highest BCUT2D eigenvalue weighted by Gasteiger charge is 2.81. The monoisotopic (exact) mass is 411 g/mol. The zero-order valence-corrected chi connectivity index (χ0v) is 18.1. The zero-order chi connectivity index (χ0) is 20.5. The lowest BCUT2D eigenvalue weighted by molar-refractivity contribution is -0.288. The second kappa shape index (κ2) is 5.54. The molecule has 2 unspecified atom stereocenters. The van der Waals surface area contributed by atoms with Crippen molar-refractivity contribution < 1.29 is 19.7 Å². The average Bonchev–Trinajstić information content (AvgIpc) is 3.48. The van der Waals surface area contributed by atoms with E-state index in [-0.39, 0.29) is 28.6 Å². The number of methoxy groups -OCH3 is 1. The maximum atomic E-state index is 10.9. The number of hydrogen-bond donors (Lipinski definition) is 2. The van der Waals surface area contributed by atoms with Crippen molar-refractivity contribution in [2.45, 2.75) is 81.1 Å². The first-order valence-electron chi connectivity index (χ1n) is 12.0. The van der Waals surface area contributed by atoms with Crippen LogP contribution in [0.25, 0.3) is 0 Å². The molecule has 7 aliphatic rings. The number of aromatic hydroxyl groups is 1. The Labute approximate surface area is 178 Å². The van der Waals surface area contributed by atoms with Gasteiger partial charge < -0.3 is 19.7 Å². The van der Waals surface area contributed by atoms with Crippen LogP contribution in [0.15, 0.2) is 12.1 Å². The summed E-state index contributed by atoms with van der Waals surface area (Å²) in [6.07, 6.45) is 7.38. The van der Waals surface area contributed by atoms with Gasteiger partial charge in [-0.3, -0.25) is 4.90 Å². The molecule has 2 spiro atoms. The van der Waals surface area contributed by atoms with E-state index in [2.05, 4.69) is 11.0 Å². The maximum Gasteiger partial charge on any atom is 0.165 e. The van der Waals surface area contributed by atoms with Gasteiger partial charge in [0.05, 0.1) is 6.10 Å². The molecule has 30 heavy (non-hydrogen) atoms. The van der Waals surface area contributed by atoms with Crippen LogP contribution < -0.4 is 4.74 Å². The number of nitrogens with zero attached hydrogens (tertiary/aromatic N) is 1. The largest absolute Gasteiger partial charge is 0.504 e. The summed E-state index contributed by atoms with van der Waals surface area (Å²) in [5.74, 6) is 1.92. The number of phenolic OH excluding ortho intramolecular Hbond substituents is 1. The molecule has 5 nitrogen and oxygen atoms in total. The molecule has 7 atom stereocenters. The number of hydrogen-bond acceptors (Lipinski definition) is 5. The van der Waals surface area contributed by atoms with Gasteiger partial charge in [-0.05, 0) is 76.0 Å². The lowest BCUT2D eigenvalue weighted by atomic mass is 9.34. The number of phenols is 1. The number of benzene rings is 1. The van der Waals surface area contributed by atoms with Gasteiger partial charge in [0, 0.05) is 42.0 Å². The van der Waals surface area contributed by atoms with Crippen LogP contribution in [0.5, 0.6) is 11.5 Å². The fraction of sp³-hybridized carbons (Fsp3) is 0.760. The number of fused-ring (bicyclic) bond motifs is 2. The van der Waals surface area contributed by atoms with Crippen LogP contribution in [0.4, 0.5) is 0 Å². The minimum Gasteiger partial charge on any atom is -0.504 e. The molecule has 5 fully saturated rings. The number of aliphatic hydroxyl groups excluding tert-OH is 1. The van der Waals surface area contributed by atoms with Crippen molar-refractivity contribution in [2.75, 3.05) is 20.2 Å². The number of rotatable bonds is 4. The van der Waals surface area contributed by atoms with Gasteiger partial charge in [-0.1, -0.05) is 6.07 Å². The van der Waals surface area contributed by atoms with E-state index in [1.807, 2.05) is 13.0 Å². The van der Waals surface area contributed by atoms with Crippen LogP contribution in [0.2, 0.25) is 0 Å². The second-order valence-corrected chi connectivity index (χ2v) is 11.2. The minimum atomic E-state index is -0.487. The predicted molar refractivity (Wildman–Crippen MR) is 112 cm³/mol. The normalized spacial score (nSPS) is 46.4. The Morgan fingerprint density at radius 2 is 2.10 bits per heavy atom. The van der Waals surface area contributed by atoms with E-state index < -0.39 is 11.7 Å². The second-order valence-electron chi connectivity index (χ2n) is 11.2. The Bertz CT molecular complexity index is 928. The molecule has 5 aliphatic carbocycles. The summed E-state index contributed by atoms with van der Waals surface area (Å²) in [7, 11) is 1.81. The first-order valence-corrected chi connectivity index (χ1v) is 12.0. The van der Waals surface area contributed by atoms with E-state index in [0.29, 0.717) is 11.8 Å². The highest BCUT2D eigenvalue weighted by atomic mass is 16.6. The minimum absolute atomic E-state index is 0.0655. The van der Waals surface area contributed by atoms with Crippen molar-refractivity contribution in [3.63, 3.8) is 0 Å². The summed E-state index contributed by atoms with van der Waals surface area (Å²) in [5, 5.41) is 21.7. The van der Waals surface area contributed by atoms with Crippen molar-refractivity contribution >= 4 is 0 Å². The van der Waals surface area contributed by atoms with Gasteiger partial charge in [0.25, 0.3) is 0 Å². The summed E-state index contributed by atoms with van der Waals surface area (Å²) in [5.41, 5.74) is 2.17. The van der Waals surface area contributed by atoms with E-state index in [0.717, 1.165) is 44.6 Å². The first kappa shape index (κ1) is 18.3. The van der Waals surface area contributed by atoms with Crippen LogP contribution in [0.3, 0.4) is 0 Å². The number of piperidine rings is 1. The number of likely N-dealkylation sites (tertiary alicyclic amines) is 1. The predicted octanol–water partition coefficient (Wildman–Crippen LogP) is 3.00. The van der Waals surface area contributed by atoms with Gasteiger partial charge in [-0.15, -0.1) is 0 Å². The van der Waals surface area contributed by atoms with Crippen molar-refractivity contribution in [1.29, 1.82) is 0 Å². The molecule has 1 saturated heterocycles. The van der Waals surface area contributed by atoms with Crippen LogP contribution in [-0.2, 0) is 16.6 Å². The van der Waals surface area contributed by atoms with Gasteiger partial charge in [-0.2, -0.15) is 0 Å². The highest BCUT2D eigenvalue weighted by molar-refractivity contribution is 5.63. The molecule has 8 rings (SSSR count). The molecule has 4 bridgehead atoms. The van der Waals surface area contributed by atoms with Gasteiger partial charge in [0.2, 0.25) is 0 Å². The molecule has 4 saturated carbocycles. The maximum absolute atomic E-state index is 10.9. The molecule has 2 aliphatic heterocycles. The number of aliphatic hydroxyl groups is 1. The molecule has 1 aromatic carbocycles. The fourth-order valence-corrected chi connectivity index (χ4v) is 9.02. The molecule has 2 N–H and O–H groups in total. The van der Waals surface area contributed by atoms with E-state index >= 15 is 0 Å². The molecule has 0 radical (unpaired) electrons. The highest BCUT2D eigenvalue weighted by Crippen LogP contribution is 2.76. The Hall–Kier alpha value is -1.30. The Balaban J connectivity index is 1.48. The van der Waals surface area contributed by atoms with E-state index in [1.54, 1.807) is 7.11 Å². The van der Waals surface area contributed by atoms with E-state index in [1.165, 1.54) is 30.5 Å². The zero-order valence-electron chi connectivity index (χ0n) is 18.1. The van der Waals surface area contributed by atoms with E-state index in [4.69, 9.17) is 9.47 Å². The number of ether oxygens (including phenoxy) is 2. The molecule has 0 aromatic heterocycles. The molecule has 162 valence electrons. The Morgan fingerprint density at radius 3 is 2.83 bits per heavy atom. The van der Waals surface area contributed by atoms with Gasteiger partial charge in [-0.25, -0.2) is 0 Å². The molecular weight excluding hydrogens is 378 g/mol. The lowest BCUT2D eigenvalue weighted by Crippen LogP contribution is -2.81. The fourth-order valence-electron chi connectivity index (χ4n) is 9.02. The first-order chi connectivity index (χ1) is 14.5. The van der Waals surface area contributed by atoms with Gasteiger partial charge >= 0.3 is 0 Å². The quantitative estimate of drug-likeness (QED) is 0.798. The smallest absolute Gasteiger partial charge is 0.165 e. The third-order valence-electron chi connectivity index (χ3n) is 10.3. The molecule has 1 aromatic rings. The van der Waals surface area contributed by atoms with Crippen molar-refractivity contribution in [1.82, 2.24) is 4.90 Å². The summed E-state index contributed by atoms with van der Waals surface area (Å²) in [6, 6.07) is 4.47. The van der Waals surface area contributed by atoms with Crippen LogP contribution in [0.1, 0.15) is 56.6 Å². The molecule has 0 amide bonds. The van der Waals surface area contributed by atoms with Crippen LogP contribution in [0, 0.1) is 17.3 Å². The van der Waals surface area contributed by atoms with Crippen molar-refractivity contribution in [3.05, 3.63) is 23.3 Å². The SMILES string of the molecule is CO[C@]12CC[C@@]3(C[C@@H]1C(C)O)C1Cc4ccc(O)c5c4[C@@]3(CCN1CC1CC1)[C@H]2O5. The standard InChI is InChI=1S/C25H33NO4/c1-14(27)17-12-23-7-8-25(17,29-2)22-24(23)9-10-26(13-15-3-4-15)19(23)11-16-5-6-18(28)21(30-22)20(16)24/h5-6,14-15,17,19,22,27-28H,3-4,7-13H2,1-2H3/t14?,17-,19?,22-,23-,24+,25-/m1/s1. The van der Waals surface area contributed by atoms with Crippen LogP contribution in [-0.4, -0.2) is 59.2 Å². The Kier molecular flexibility index (Phi) is 3.38. The van der Waals surface area contributed by atoms with Crippen molar-refractivity contribution in [2.24, 2.45) is 17.3 Å². The summed E-state index contributed by atoms with van der Waals surface area (Å²) < 4.78 is 13.1. The molecule has 5 heteroatoms. The molecule has 2 heterocycles. The summed E-state index contributed by atoms with van der Waals surface area (Å²) >= 11 is 0. The topological polar surface area (TPSA) is 62.2 Å². The molecular formula is C25H33NO4. The third kappa shape index (κ3) is 1.81. The van der Waals surface area contributed by atoms with Crippen LogP contribution >= 0.6 is 0 Å². The van der Waals surface area contributed by atoms with Crippen molar-refractivity contribution in [3.8, 4) is 11.5 Å².